The van der Waals surface area contributed by atoms with E-state index in [2.05, 4.69) is 0 Å². The molecule has 88 valence electrons. The molecule has 2 rings (SSSR count). The van der Waals surface area contributed by atoms with Crippen LogP contribution in [0.1, 0.15) is 22.6 Å². The SMILES string of the molecule is CO[C@@H](c1ccccc1)[C@H](Cl)c1ccccc1. The summed E-state index contributed by atoms with van der Waals surface area (Å²) < 4.78 is 5.52. The van der Waals surface area contributed by atoms with Crippen LogP contribution in [0, 0.1) is 0 Å². The van der Waals surface area contributed by atoms with Gasteiger partial charge in [0.25, 0.3) is 0 Å². The molecule has 0 N–H and O–H groups in total. The van der Waals surface area contributed by atoms with Gasteiger partial charge in [-0.25, -0.2) is 0 Å². The van der Waals surface area contributed by atoms with E-state index in [0.717, 1.165) is 11.1 Å². The van der Waals surface area contributed by atoms with E-state index in [-0.39, 0.29) is 11.5 Å². The van der Waals surface area contributed by atoms with Gasteiger partial charge in [-0.2, -0.15) is 0 Å². The molecular weight excluding hydrogens is 232 g/mol. The lowest BCUT2D eigenvalue weighted by atomic mass is 10.0. The van der Waals surface area contributed by atoms with E-state index in [9.17, 15) is 0 Å². The highest BCUT2D eigenvalue weighted by Gasteiger charge is 2.21. The molecule has 0 spiro atoms. The van der Waals surface area contributed by atoms with Crippen molar-refractivity contribution in [2.24, 2.45) is 0 Å². The zero-order valence-electron chi connectivity index (χ0n) is 9.71. The summed E-state index contributed by atoms with van der Waals surface area (Å²) in [5, 5.41) is -0.177. The lowest BCUT2D eigenvalue weighted by Gasteiger charge is -2.21. The van der Waals surface area contributed by atoms with Crippen molar-refractivity contribution < 1.29 is 4.74 Å². The van der Waals surface area contributed by atoms with Crippen molar-refractivity contribution in [2.45, 2.75) is 11.5 Å². The van der Waals surface area contributed by atoms with Crippen molar-refractivity contribution >= 4 is 11.6 Å². The molecule has 2 aromatic carbocycles. The van der Waals surface area contributed by atoms with E-state index in [0.29, 0.717) is 0 Å². The number of halogens is 1. The largest absolute Gasteiger partial charge is 0.375 e. The molecule has 0 saturated carbocycles. The van der Waals surface area contributed by atoms with Crippen LogP contribution in [0.5, 0.6) is 0 Å². The van der Waals surface area contributed by atoms with E-state index >= 15 is 0 Å². The summed E-state index contributed by atoms with van der Waals surface area (Å²) in [6.07, 6.45) is -0.125. The van der Waals surface area contributed by atoms with Gasteiger partial charge in [0, 0.05) is 7.11 Å². The topological polar surface area (TPSA) is 9.23 Å². The minimum atomic E-state index is -0.177. The van der Waals surface area contributed by atoms with Gasteiger partial charge >= 0.3 is 0 Å². The fraction of sp³-hybridized carbons (Fsp3) is 0.200. The maximum Gasteiger partial charge on any atom is 0.103 e. The quantitative estimate of drug-likeness (QED) is 0.729. The number of rotatable bonds is 4. The fourth-order valence-corrected chi connectivity index (χ4v) is 2.27. The molecule has 1 nitrogen and oxygen atoms in total. The second-order valence-corrected chi connectivity index (χ2v) is 4.35. The van der Waals surface area contributed by atoms with Crippen LogP contribution in [0.3, 0.4) is 0 Å². The molecule has 2 atom stereocenters. The van der Waals surface area contributed by atoms with Gasteiger partial charge in [0.15, 0.2) is 0 Å². The number of hydrogen-bond donors (Lipinski definition) is 0. The van der Waals surface area contributed by atoms with Crippen LogP contribution in [-0.2, 0) is 4.74 Å². The first-order valence-corrected chi connectivity index (χ1v) is 6.03. The summed E-state index contributed by atoms with van der Waals surface area (Å²) in [4.78, 5) is 0. The lowest BCUT2D eigenvalue weighted by Crippen LogP contribution is -2.08. The number of ether oxygens (including phenoxy) is 1. The first-order valence-electron chi connectivity index (χ1n) is 5.59. The zero-order chi connectivity index (χ0) is 12.1. The Morgan fingerprint density at radius 3 is 1.76 bits per heavy atom. The Bertz CT molecular complexity index is 441. The molecule has 0 saturated heterocycles. The molecule has 0 heterocycles. The monoisotopic (exact) mass is 246 g/mol. The summed E-state index contributed by atoms with van der Waals surface area (Å²) in [5.74, 6) is 0. The van der Waals surface area contributed by atoms with Crippen LogP contribution in [0.25, 0.3) is 0 Å². The Kier molecular flexibility index (Phi) is 4.18. The summed E-state index contributed by atoms with van der Waals surface area (Å²) in [6, 6.07) is 20.1. The van der Waals surface area contributed by atoms with Crippen molar-refractivity contribution in [3.8, 4) is 0 Å². The van der Waals surface area contributed by atoms with Crippen LogP contribution in [0.15, 0.2) is 60.7 Å². The Labute approximate surface area is 107 Å². The van der Waals surface area contributed by atoms with Crippen molar-refractivity contribution in [2.75, 3.05) is 7.11 Å². The third-order valence-corrected chi connectivity index (χ3v) is 3.25. The molecule has 2 heteroatoms. The third-order valence-electron chi connectivity index (χ3n) is 2.77. The van der Waals surface area contributed by atoms with Crippen LogP contribution in [0.2, 0.25) is 0 Å². The van der Waals surface area contributed by atoms with Crippen LogP contribution < -0.4 is 0 Å². The molecule has 0 unspecified atom stereocenters. The molecule has 2 aromatic rings. The van der Waals surface area contributed by atoms with E-state index in [1.807, 2.05) is 60.7 Å². The summed E-state index contributed by atoms with van der Waals surface area (Å²) in [6.45, 7) is 0. The van der Waals surface area contributed by atoms with E-state index in [1.54, 1.807) is 7.11 Å². The third kappa shape index (κ3) is 2.87. The minimum Gasteiger partial charge on any atom is -0.375 e. The summed E-state index contributed by atoms with van der Waals surface area (Å²) in [7, 11) is 1.69. The van der Waals surface area contributed by atoms with Gasteiger partial charge in [-0.3, -0.25) is 0 Å². The second kappa shape index (κ2) is 5.85. The predicted octanol–water partition coefficient (Wildman–Crippen LogP) is 4.35. The van der Waals surface area contributed by atoms with Gasteiger partial charge in [-0.05, 0) is 11.1 Å². The molecule has 0 amide bonds. The van der Waals surface area contributed by atoms with Gasteiger partial charge in [0.05, 0.1) is 5.38 Å². The Balaban J connectivity index is 2.25. The first kappa shape index (κ1) is 12.2. The van der Waals surface area contributed by atoms with Crippen molar-refractivity contribution in [3.63, 3.8) is 0 Å². The first-order chi connectivity index (χ1) is 8.33. The number of benzene rings is 2. The highest BCUT2D eigenvalue weighted by Crippen LogP contribution is 2.36. The van der Waals surface area contributed by atoms with E-state index in [1.165, 1.54) is 0 Å². The number of alkyl halides is 1. The van der Waals surface area contributed by atoms with Crippen molar-refractivity contribution in [3.05, 3.63) is 71.8 Å². The van der Waals surface area contributed by atoms with Gasteiger partial charge in [0.1, 0.15) is 6.10 Å². The van der Waals surface area contributed by atoms with Crippen molar-refractivity contribution in [1.82, 2.24) is 0 Å². The predicted molar refractivity (Wildman–Crippen MR) is 71.2 cm³/mol. The van der Waals surface area contributed by atoms with Gasteiger partial charge < -0.3 is 4.74 Å². The molecule has 0 bridgehead atoms. The van der Waals surface area contributed by atoms with Gasteiger partial charge in [-0.1, -0.05) is 60.7 Å². The molecule has 0 aliphatic carbocycles. The normalized spacial score (nSPS) is 14.2. The minimum absolute atomic E-state index is 0.125. The molecule has 17 heavy (non-hydrogen) atoms. The highest BCUT2D eigenvalue weighted by atomic mass is 35.5. The maximum atomic E-state index is 6.48. The zero-order valence-corrected chi connectivity index (χ0v) is 10.5. The summed E-state index contributed by atoms with van der Waals surface area (Å²) in [5.41, 5.74) is 2.17. The average molecular weight is 247 g/mol. The van der Waals surface area contributed by atoms with E-state index in [4.69, 9.17) is 16.3 Å². The maximum absolute atomic E-state index is 6.48. The molecular formula is C15H15ClO. The van der Waals surface area contributed by atoms with Crippen LogP contribution >= 0.6 is 11.6 Å². The summed E-state index contributed by atoms with van der Waals surface area (Å²) >= 11 is 6.48. The average Bonchev–Trinajstić information content (AvgIpc) is 2.42. The smallest absolute Gasteiger partial charge is 0.103 e. The lowest BCUT2D eigenvalue weighted by molar-refractivity contribution is 0.0992. The molecule has 0 aliphatic rings. The standard InChI is InChI=1S/C15H15ClO/c1-17-15(13-10-6-3-7-11-13)14(16)12-8-4-2-5-9-12/h2-11,14-15H,1H3/t14-,15+/m1/s1. The fourth-order valence-electron chi connectivity index (χ4n) is 1.88. The van der Waals surface area contributed by atoms with Gasteiger partial charge in [-0.15, -0.1) is 11.6 Å². The highest BCUT2D eigenvalue weighted by molar-refractivity contribution is 6.21. The molecule has 0 aliphatic heterocycles. The Morgan fingerprint density at radius 2 is 1.29 bits per heavy atom. The van der Waals surface area contributed by atoms with Crippen LogP contribution in [-0.4, -0.2) is 7.11 Å². The van der Waals surface area contributed by atoms with Crippen molar-refractivity contribution in [1.29, 1.82) is 0 Å². The molecule has 0 aromatic heterocycles. The molecule has 0 radical (unpaired) electrons. The second-order valence-electron chi connectivity index (χ2n) is 3.88. The number of hydrogen-bond acceptors (Lipinski definition) is 1. The van der Waals surface area contributed by atoms with Gasteiger partial charge in [0.2, 0.25) is 0 Å². The Hall–Kier alpha value is -1.31. The molecule has 0 fully saturated rings. The van der Waals surface area contributed by atoms with E-state index < -0.39 is 0 Å². The number of methoxy groups -OCH3 is 1. The Morgan fingerprint density at radius 1 is 0.824 bits per heavy atom. The van der Waals surface area contributed by atoms with Crippen LogP contribution in [0.4, 0.5) is 0 Å².